The van der Waals surface area contributed by atoms with Gasteiger partial charge in [-0.05, 0) is 68.8 Å². The molecule has 0 spiro atoms. The van der Waals surface area contributed by atoms with Crippen LogP contribution in [0, 0.1) is 17.7 Å². The molecule has 12 nitrogen and oxygen atoms in total. The third-order valence-electron chi connectivity index (χ3n) is 8.15. The maximum absolute atomic E-state index is 12.9. The van der Waals surface area contributed by atoms with Gasteiger partial charge in [0, 0.05) is 42.5 Å². The molecule has 0 atom stereocenters. The molecule has 2 aliphatic rings. The first-order valence-electron chi connectivity index (χ1n) is 14.6. The average Bonchev–Trinajstić information content (AvgIpc) is 3.49. The van der Waals surface area contributed by atoms with E-state index in [1.54, 1.807) is 12.1 Å². The van der Waals surface area contributed by atoms with E-state index in [-0.39, 0.29) is 17.7 Å². The van der Waals surface area contributed by atoms with Gasteiger partial charge in [-0.3, -0.25) is 4.79 Å². The number of nitrogen functional groups attached to an aromatic ring is 1. The summed E-state index contributed by atoms with van der Waals surface area (Å²) in [6.07, 6.45) is 6.29. The highest BCUT2D eigenvalue weighted by Crippen LogP contribution is 2.30. The number of nitrogens with two attached hydrogens (primary N) is 2. The molecule has 12 heteroatoms. The van der Waals surface area contributed by atoms with Crippen molar-refractivity contribution in [3.63, 3.8) is 0 Å². The van der Waals surface area contributed by atoms with Crippen LogP contribution in [-0.2, 0) is 0 Å². The first-order chi connectivity index (χ1) is 20.0. The van der Waals surface area contributed by atoms with Gasteiger partial charge < -0.3 is 32.0 Å². The molecule has 42 heavy (non-hydrogen) atoms. The van der Waals surface area contributed by atoms with Gasteiger partial charge in [-0.1, -0.05) is 26.8 Å². The van der Waals surface area contributed by atoms with Crippen LogP contribution in [-0.4, -0.2) is 74.5 Å². The molecule has 2 aromatic heterocycles. The van der Waals surface area contributed by atoms with Gasteiger partial charge in [-0.25, -0.2) is 15.0 Å². The number of amides is 1. The maximum Gasteiger partial charge on any atom is 0.278 e. The van der Waals surface area contributed by atoms with Crippen LogP contribution >= 0.6 is 0 Å². The molecule has 4 heterocycles. The van der Waals surface area contributed by atoms with E-state index in [0.29, 0.717) is 51.6 Å². The summed E-state index contributed by atoms with van der Waals surface area (Å²) >= 11 is 0. The summed E-state index contributed by atoms with van der Waals surface area (Å²) in [5.41, 5.74) is 15.4. The van der Waals surface area contributed by atoms with Gasteiger partial charge in [0.1, 0.15) is 23.2 Å². The van der Waals surface area contributed by atoms with Crippen LogP contribution < -0.4 is 21.7 Å². The molecule has 0 radical (unpaired) electrons. The second-order valence-electron chi connectivity index (χ2n) is 12.3. The number of hydrogen-bond acceptors (Lipinski definition) is 10. The number of nitrogens with one attached hydrogen (secondary N) is 2. The lowest BCUT2D eigenvalue weighted by atomic mass is 9.88. The van der Waals surface area contributed by atoms with E-state index in [1.165, 1.54) is 32.3 Å². The number of likely N-dealkylation sites (tertiary alicyclic amines) is 1. The van der Waals surface area contributed by atoms with Crippen molar-refractivity contribution in [3.8, 4) is 0 Å². The number of aromatic nitrogens is 4. The maximum atomic E-state index is 12.9. The van der Waals surface area contributed by atoms with E-state index in [9.17, 15) is 4.79 Å². The summed E-state index contributed by atoms with van der Waals surface area (Å²) < 4.78 is 0. The average molecular weight is 572 g/mol. The van der Waals surface area contributed by atoms with Gasteiger partial charge >= 0.3 is 0 Å². The minimum absolute atomic E-state index is 0.112. The predicted molar refractivity (Wildman–Crippen MR) is 168 cm³/mol. The highest BCUT2D eigenvalue weighted by molar-refractivity contribution is 6.10. The molecule has 6 N–H and O–H groups in total. The Balaban J connectivity index is 1.37. The smallest absolute Gasteiger partial charge is 0.278 e. The number of fused-ring (bicyclic) bond motifs is 1. The lowest BCUT2D eigenvalue weighted by molar-refractivity contribution is 0.100. The molecule has 5 rings (SSSR count). The Bertz CT molecular complexity index is 1510. The molecule has 1 aromatic carbocycles. The molecule has 2 aliphatic heterocycles. The summed E-state index contributed by atoms with van der Waals surface area (Å²) in [6, 6.07) is 5.87. The van der Waals surface area contributed by atoms with E-state index < -0.39 is 5.91 Å². The Kier molecular flexibility index (Phi) is 8.35. The zero-order chi connectivity index (χ0) is 30.0. The summed E-state index contributed by atoms with van der Waals surface area (Å²) in [7, 11) is 0. The van der Waals surface area contributed by atoms with E-state index in [2.05, 4.69) is 35.1 Å². The van der Waals surface area contributed by atoms with Crippen LogP contribution in [0.1, 0.15) is 68.8 Å². The molecular weight excluding hydrogens is 530 g/mol. The summed E-state index contributed by atoms with van der Waals surface area (Å²) in [5.74, 6) is 0.978. The van der Waals surface area contributed by atoms with Crippen LogP contribution in [0.25, 0.3) is 11.0 Å². The van der Waals surface area contributed by atoms with Crippen LogP contribution in [0.4, 0.5) is 23.3 Å². The van der Waals surface area contributed by atoms with Crippen LogP contribution in [0.2, 0.25) is 0 Å². The van der Waals surface area contributed by atoms with Crippen molar-refractivity contribution in [2.24, 2.45) is 16.1 Å². The number of carbonyl (C=O) groups is 1. The zero-order valence-electron chi connectivity index (χ0n) is 24.9. The summed E-state index contributed by atoms with van der Waals surface area (Å²) in [6.45, 7) is 11.8. The molecule has 0 unspecified atom stereocenters. The minimum Gasteiger partial charge on any atom is -0.387 e. The van der Waals surface area contributed by atoms with Crippen LogP contribution in [0.5, 0.6) is 0 Å². The van der Waals surface area contributed by atoms with E-state index in [4.69, 9.17) is 21.9 Å². The minimum atomic E-state index is -0.476. The molecule has 222 valence electrons. The fourth-order valence-electron chi connectivity index (χ4n) is 5.43. The molecule has 0 aliphatic carbocycles. The first-order valence-corrected chi connectivity index (χ1v) is 14.6. The highest BCUT2D eigenvalue weighted by atomic mass is 16.1. The fraction of sp³-hybridized carbons (Fsp3) is 0.500. The number of carbonyl (C=O) groups excluding carboxylic acids is 1. The van der Waals surface area contributed by atoms with Crippen molar-refractivity contribution in [1.29, 1.82) is 5.41 Å². The number of benzene rings is 1. The highest BCUT2D eigenvalue weighted by Gasteiger charge is 2.28. The molecule has 2 fully saturated rings. The van der Waals surface area contributed by atoms with Crippen molar-refractivity contribution < 1.29 is 4.79 Å². The van der Waals surface area contributed by atoms with Gasteiger partial charge in [0.2, 0.25) is 5.95 Å². The van der Waals surface area contributed by atoms with E-state index >= 15 is 0 Å². The van der Waals surface area contributed by atoms with E-state index in [0.717, 1.165) is 31.5 Å². The third kappa shape index (κ3) is 6.48. The van der Waals surface area contributed by atoms with Crippen LogP contribution in [0.3, 0.4) is 0 Å². The molecule has 1 amide bonds. The molecular formula is C30H41N11O. The number of amidine groups is 1. The monoisotopic (exact) mass is 571 g/mol. The van der Waals surface area contributed by atoms with Gasteiger partial charge in [0.05, 0.1) is 0 Å². The number of piperidine rings is 1. The topological polar surface area (TPSA) is 175 Å². The van der Waals surface area contributed by atoms with Crippen molar-refractivity contribution >= 4 is 51.8 Å². The number of aryl methyl sites for hydroxylation is 1. The second-order valence-corrected chi connectivity index (χ2v) is 12.3. The van der Waals surface area contributed by atoms with Gasteiger partial charge in [0.15, 0.2) is 11.6 Å². The Hall–Kier alpha value is -4.19. The number of nitrogens with zero attached hydrogens (tertiary/aromatic N) is 7. The number of rotatable bonds is 7. The lowest BCUT2D eigenvalue weighted by Gasteiger charge is -2.36. The Morgan fingerprint density at radius 2 is 1.81 bits per heavy atom. The first kappa shape index (κ1) is 29.3. The quantitative estimate of drug-likeness (QED) is 0.239. The van der Waals surface area contributed by atoms with Gasteiger partial charge in [-0.15, -0.1) is 0 Å². The SMILES string of the molecule is Cc1ccc(C(=O)N=C(N)CC(=N)C(C)(C)C)cc1Nc1ncnc2c(N)nc(N3CCC(N4CCCC4)CC3)nc12. The van der Waals surface area contributed by atoms with Crippen molar-refractivity contribution in [1.82, 2.24) is 24.8 Å². The Labute approximate surface area is 246 Å². The standard InChI is InChI=1S/C30H41N11O/c1-18-7-8-19(28(42)37-23(32)16-22(31)30(2,3)4)15-21(18)36-27-25-24(34-17-35-27)26(33)39-29(38-25)41-13-9-20(10-14-41)40-11-5-6-12-40/h7-8,15,17,20,31H,5-6,9-14,16H2,1-4H3,(H2,32,37,42)(H2,33,38,39)(H,34,35,36). The number of anilines is 4. The van der Waals surface area contributed by atoms with E-state index in [1.807, 2.05) is 33.8 Å². The lowest BCUT2D eigenvalue weighted by Crippen LogP contribution is -2.44. The fourth-order valence-corrected chi connectivity index (χ4v) is 5.43. The molecule has 2 saturated heterocycles. The van der Waals surface area contributed by atoms with Crippen molar-refractivity contribution in [3.05, 3.63) is 35.7 Å². The Morgan fingerprint density at radius 1 is 1.10 bits per heavy atom. The van der Waals surface area contributed by atoms with Crippen LogP contribution in [0.15, 0.2) is 29.5 Å². The van der Waals surface area contributed by atoms with Gasteiger partial charge in [-0.2, -0.15) is 9.98 Å². The number of hydrogen-bond donors (Lipinski definition) is 4. The normalized spacial score (nSPS) is 17.1. The predicted octanol–water partition coefficient (Wildman–Crippen LogP) is 4.07. The summed E-state index contributed by atoms with van der Waals surface area (Å²) in [4.78, 5) is 40.1. The number of aliphatic imine (C=N–C) groups is 1. The Morgan fingerprint density at radius 3 is 2.50 bits per heavy atom. The van der Waals surface area contributed by atoms with Crippen molar-refractivity contribution in [2.45, 2.75) is 65.8 Å². The van der Waals surface area contributed by atoms with Crippen molar-refractivity contribution in [2.75, 3.05) is 42.1 Å². The molecule has 3 aromatic rings. The zero-order valence-corrected chi connectivity index (χ0v) is 24.9. The molecule has 0 saturated carbocycles. The van der Waals surface area contributed by atoms with Gasteiger partial charge in [0.25, 0.3) is 5.91 Å². The third-order valence-corrected chi connectivity index (χ3v) is 8.15. The largest absolute Gasteiger partial charge is 0.387 e. The summed E-state index contributed by atoms with van der Waals surface area (Å²) in [5, 5.41) is 11.5. The molecule has 0 bridgehead atoms. The second kappa shape index (κ2) is 12.0.